The third kappa shape index (κ3) is 3.75. The fourth-order valence-corrected chi connectivity index (χ4v) is 2.06. The molecule has 21 heavy (non-hydrogen) atoms. The van der Waals surface area contributed by atoms with Gasteiger partial charge < -0.3 is 15.8 Å². The zero-order valence-electron chi connectivity index (χ0n) is 12.3. The van der Waals surface area contributed by atoms with Gasteiger partial charge >= 0.3 is 0 Å². The summed E-state index contributed by atoms with van der Waals surface area (Å²) in [7, 11) is 1.86. The molecule has 1 aromatic heterocycles. The standard InChI is InChI=1S/C15H20N4O2/c1-3-21-14-12(5-4-6-13(14)16)15(20)17-8-7-11-9-18-19(2)10-11/h4-6,9-10H,3,7-8,16H2,1-2H3,(H,17,20). The average molecular weight is 288 g/mol. The van der Waals surface area contributed by atoms with Crippen molar-refractivity contribution in [2.75, 3.05) is 18.9 Å². The Morgan fingerprint density at radius 1 is 1.48 bits per heavy atom. The van der Waals surface area contributed by atoms with E-state index in [-0.39, 0.29) is 5.91 Å². The van der Waals surface area contributed by atoms with E-state index in [1.165, 1.54) is 0 Å². The van der Waals surface area contributed by atoms with Gasteiger partial charge in [-0.2, -0.15) is 5.10 Å². The molecule has 112 valence electrons. The predicted octanol–water partition coefficient (Wildman–Crippen LogP) is 1.37. The minimum atomic E-state index is -0.186. The number of para-hydroxylation sites is 1. The van der Waals surface area contributed by atoms with Crippen LogP contribution in [-0.4, -0.2) is 28.8 Å². The van der Waals surface area contributed by atoms with Gasteiger partial charge in [0.1, 0.15) is 0 Å². The van der Waals surface area contributed by atoms with Crippen molar-refractivity contribution in [2.45, 2.75) is 13.3 Å². The highest BCUT2D eigenvalue weighted by atomic mass is 16.5. The van der Waals surface area contributed by atoms with Crippen LogP contribution in [0.3, 0.4) is 0 Å². The third-order valence-electron chi connectivity index (χ3n) is 3.04. The number of aromatic nitrogens is 2. The summed E-state index contributed by atoms with van der Waals surface area (Å²) in [5, 5.41) is 6.96. The van der Waals surface area contributed by atoms with Gasteiger partial charge in [0.05, 0.1) is 24.1 Å². The number of carbonyl (C=O) groups is 1. The second-order valence-electron chi connectivity index (χ2n) is 4.69. The fraction of sp³-hybridized carbons (Fsp3) is 0.333. The first-order valence-electron chi connectivity index (χ1n) is 6.88. The van der Waals surface area contributed by atoms with Crippen molar-refractivity contribution in [3.63, 3.8) is 0 Å². The molecule has 0 fully saturated rings. The molecule has 0 spiro atoms. The van der Waals surface area contributed by atoms with Crippen LogP contribution in [0.15, 0.2) is 30.6 Å². The van der Waals surface area contributed by atoms with Gasteiger partial charge in [-0.3, -0.25) is 9.48 Å². The van der Waals surface area contributed by atoms with E-state index in [0.717, 1.165) is 12.0 Å². The summed E-state index contributed by atoms with van der Waals surface area (Å²) < 4.78 is 7.20. The molecule has 0 aliphatic carbocycles. The number of rotatable bonds is 6. The van der Waals surface area contributed by atoms with E-state index in [0.29, 0.717) is 30.2 Å². The average Bonchev–Trinajstić information content (AvgIpc) is 2.87. The van der Waals surface area contributed by atoms with Crippen molar-refractivity contribution >= 4 is 11.6 Å². The number of nitrogens with one attached hydrogen (secondary N) is 1. The molecule has 2 rings (SSSR count). The van der Waals surface area contributed by atoms with E-state index in [2.05, 4.69) is 10.4 Å². The van der Waals surface area contributed by atoms with Gasteiger partial charge in [-0.05, 0) is 31.0 Å². The predicted molar refractivity (Wildman–Crippen MR) is 81.3 cm³/mol. The molecule has 1 amide bonds. The summed E-state index contributed by atoms with van der Waals surface area (Å²) in [6.07, 6.45) is 4.45. The van der Waals surface area contributed by atoms with E-state index in [1.54, 1.807) is 29.1 Å². The lowest BCUT2D eigenvalue weighted by Gasteiger charge is -2.12. The minimum Gasteiger partial charge on any atom is -0.491 e. The first-order chi connectivity index (χ1) is 10.1. The number of nitrogens with two attached hydrogens (primary N) is 1. The molecular formula is C15H20N4O2. The van der Waals surface area contributed by atoms with Crippen LogP contribution in [0, 0.1) is 0 Å². The molecular weight excluding hydrogens is 268 g/mol. The number of anilines is 1. The summed E-state index contributed by atoms with van der Waals surface area (Å²) in [4.78, 5) is 12.2. The lowest BCUT2D eigenvalue weighted by Crippen LogP contribution is -2.26. The van der Waals surface area contributed by atoms with Crippen molar-refractivity contribution in [1.82, 2.24) is 15.1 Å². The molecule has 0 bridgehead atoms. The van der Waals surface area contributed by atoms with Gasteiger partial charge in [0.25, 0.3) is 5.91 Å². The van der Waals surface area contributed by atoms with Crippen LogP contribution in [0.25, 0.3) is 0 Å². The molecule has 0 atom stereocenters. The van der Waals surface area contributed by atoms with Crippen molar-refractivity contribution in [3.8, 4) is 5.75 Å². The third-order valence-corrected chi connectivity index (χ3v) is 3.04. The first-order valence-corrected chi connectivity index (χ1v) is 6.88. The van der Waals surface area contributed by atoms with E-state index < -0.39 is 0 Å². The first kappa shape index (κ1) is 14.9. The smallest absolute Gasteiger partial charge is 0.255 e. The van der Waals surface area contributed by atoms with E-state index in [4.69, 9.17) is 10.5 Å². The van der Waals surface area contributed by atoms with Crippen LogP contribution in [-0.2, 0) is 13.5 Å². The van der Waals surface area contributed by atoms with Crippen LogP contribution in [0.2, 0.25) is 0 Å². The number of aryl methyl sites for hydroxylation is 1. The maximum Gasteiger partial charge on any atom is 0.255 e. The molecule has 2 aromatic rings. The highest BCUT2D eigenvalue weighted by molar-refractivity contribution is 5.98. The van der Waals surface area contributed by atoms with Gasteiger partial charge in [0, 0.05) is 19.8 Å². The lowest BCUT2D eigenvalue weighted by atomic mass is 10.1. The maximum absolute atomic E-state index is 12.2. The lowest BCUT2D eigenvalue weighted by molar-refractivity contribution is 0.0950. The Balaban J connectivity index is 1.98. The molecule has 1 heterocycles. The van der Waals surface area contributed by atoms with E-state index in [9.17, 15) is 4.79 Å². The Morgan fingerprint density at radius 3 is 2.95 bits per heavy atom. The van der Waals surface area contributed by atoms with Gasteiger partial charge in [-0.25, -0.2) is 0 Å². The van der Waals surface area contributed by atoms with Gasteiger partial charge in [0.15, 0.2) is 5.75 Å². The van der Waals surface area contributed by atoms with Gasteiger partial charge in [0.2, 0.25) is 0 Å². The highest BCUT2D eigenvalue weighted by Gasteiger charge is 2.14. The van der Waals surface area contributed by atoms with Crippen LogP contribution in [0.1, 0.15) is 22.8 Å². The summed E-state index contributed by atoms with van der Waals surface area (Å²) in [6.45, 7) is 2.85. The number of ether oxygens (including phenoxy) is 1. The summed E-state index contributed by atoms with van der Waals surface area (Å²) >= 11 is 0. The Hall–Kier alpha value is -2.50. The maximum atomic E-state index is 12.2. The summed E-state index contributed by atoms with van der Waals surface area (Å²) in [5.41, 5.74) is 7.86. The van der Waals surface area contributed by atoms with Crippen LogP contribution < -0.4 is 15.8 Å². The van der Waals surface area contributed by atoms with Gasteiger partial charge in [-0.1, -0.05) is 6.07 Å². The normalized spacial score (nSPS) is 10.4. The van der Waals surface area contributed by atoms with E-state index in [1.807, 2.05) is 20.2 Å². The van der Waals surface area contributed by atoms with Crippen LogP contribution in [0.5, 0.6) is 5.75 Å². The molecule has 0 radical (unpaired) electrons. The molecule has 3 N–H and O–H groups in total. The van der Waals surface area contributed by atoms with Crippen LogP contribution >= 0.6 is 0 Å². The fourth-order valence-electron chi connectivity index (χ4n) is 2.06. The second-order valence-corrected chi connectivity index (χ2v) is 4.69. The Kier molecular flexibility index (Phi) is 4.81. The molecule has 0 aliphatic rings. The molecule has 1 aromatic carbocycles. The summed E-state index contributed by atoms with van der Waals surface area (Å²) in [5.74, 6) is 0.258. The molecule has 0 saturated carbocycles. The van der Waals surface area contributed by atoms with Crippen molar-refractivity contribution < 1.29 is 9.53 Å². The topological polar surface area (TPSA) is 82.2 Å². The Morgan fingerprint density at radius 2 is 2.29 bits per heavy atom. The quantitative estimate of drug-likeness (QED) is 0.787. The monoisotopic (exact) mass is 288 g/mol. The largest absolute Gasteiger partial charge is 0.491 e. The van der Waals surface area contributed by atoms with Crippen molar-refractivity contribution in [1.29, 1.82) is 0 Å². The van der Waals surface area contributed by atoms with Crippen molar-refractivity contribution in [2.24, 2.45) is 7.05 Å². The highest BCUT2D eigenvalue weighted by Crippen LogP contribution is 2.26. The number of nitrogens with zero attached hydrogens (tertiary/aromatic N) is 2. The number of carbonyl (C=O) groups excluding carboxylic acids is 1. The van der Waals surface area contributed by atoms with Gasteiger partial charge in [-0.15, -0.1) is 0 Å². The molecule has 0 unspecified atom stereocenters. The molecule has 6 nitrogen and oxygen atoms in total. The number of hydrogen-bond acceptors (Lipinski definition) is 4. The summed E-state index contributed by atoms with van der Waals surface area (Å²) in [6, 6.07) is 5.17. The zero-order valence-corrected chi connectivity index (χ0v) is 12.3. The Labute approximate surface area is 123 Å². The Bertz CT molecular complexity index is 622. The second kappa shape index (κ2) is 6.78. The zero-order chi connectivity index (χ0) is 15.2. The van der Waals surface area contributed by atoms with Crippen molar-refractivity contribution in [3.05, 3.63) is 41.7 Å². The van der Waals surface area contributed by atoms with Crippen LogP contribution in [0.4, 0.5) is 5.69 Å². The molecule has 6 heteroatoms. The molecule has 0 aliphatic heterocycles. The number of amides is 1. The number of nitrogen functional groups attached to an aromatic ring is 1. The van der Waals surface area contributed by atoms with E-state index >= 15 is 0 Å². The number of benzene rings is 1. The number of hydrogen-bond donors (Lipinski definition) is 2. The SMILES string of the molecule is CCOc1c(N)cccc1C(=O)NCCc1cnn(C)c1. The molecule has 0 saturated heterocycles. The minimum absolute atomic E-state index is 0.186.